The van der Waals surface area contributed by atoms with Crippen LogP contribution in [0, 0.1) is 0 Å². The smallest absolute Gasteiger partial charge is 0.323 e. The summed E-state index contributed by atoms with van der Waals surface area (Å²) < 4.78 is 0. The van der Waals surface area contributed by atoms with Crippen LogP contribution in [0.3, 0.4) is 0 Å². The summed E-state index contributed by atoms with van der Waals surface area (Å²) in [6, 6.07) is 26.3. The second kappa shape index (κ2) is 9.02. The molecule has 3 aromatic carbocycles. The van der Waals surface area contributed by atoms with E-state index in [0.29, 0.717) is 5.69 Å². The second-order valence-electron chi connectivity index (χ2n) is 6.23. The molecule has 30 heavy (non-hydrogen) atoms. The van der Waals surface area contributed by atoms with Crippen LogP contribution in [0.5, 0.6) is 0 Å². The summed E-state index contributed by atoms with van der Waals surface area (Å²) in [7, 11) is 0. The summed E-state index contributed by atoms with van der Waals surface area (Å²) in [6.07, 6.45) is 0. The number of amides is 2. The number of anilines is 4. The standard InChI is InChI=1S/C22H17ClN6O/c23-19-26-20(25-18-14-8-7-13-17(18)15-9-3-1-4-10-15)28-21(27-19)29-22(30)24-16-11-5-2-6-12-16/h1-14H,(H3,24,25,26,27,28,29,30). The molecule has 0 aliphatic heterocycles. The number of hydrogen-bond donors (Lipinski definition) is 3. The van der Waals surface area contributed by atoms with Crippen molar-refractivity contribution in [2.75, 3.05) is 16.0 Å². The van der Waals surface area contributed by atoms with Gasteiger partial charge >= 0.3 is 6.03 Å². The molecule has 4 aromatic rings. The van der Waals surface area contributed by atoms with Crippen molar-refractivity contribution in [3.05, 3.63) is 90.2 Å². The molecule has 0 atom stereocenters. The number of urea groups is 1. The molecule has 1 heterocycles. The number of carbonyl (C=O) groups excluding carboxylic acids is 1. The number of halogens is 1. The van der Waals surface area contributed by atoms with Gasteiger partial charge in [0.05, 0.1) is 0 Å². The summed E-state index contributed by atoms with van der Waals surface area (Å²) >= 11 is 6.04. The van der Waals surface area contributed by atoms with Crippen LogP contribution in [0.25, 0.3) is 11.1 Å². The number of nitrogens with zero attached hydrogens (tertiary/aromatic N) is 3. The third kappa shape index (κ3) is 4.89. The summed E-state index contributed by atoms with van der Waals surface area (Å²) in [5.41, 5.74) is 3.46. The Labute approximate surface area is 178 Å². The van der Waals surface area contributed by atoms with Crippen LogP contribution in [-0.2, 0) is 0 Å². The van der Waals surface area contributed by atoms with Gasteiger partial charge in [-0.3, -0.25) is 5.32 Å². The number of nitrogens with one attached hydrogen (secondary N) is 3. The van der Waals surface area contributed by atoms with Crippen LogP contribution in [-0.4, -0.2) is 21.0 Å². The first-order chi connectivity index (χ1) is 14.7. The van der Waals surface area contributed by atoms with Gasteiger partial charge in [-0.05, 0) is 35.4 Å². The zero-order chi connectivity index (χ0) is 20.8. The Hall–Kier alpha value is -3.97. The van der Waals surface area contributed by atoms with Gasteiger partial charge in [-0.15, -0.1) is 0 Å². The first-order valence-electron chi connectivity index (χ1n) is 9.13. The van der Waals surface area contributed by atoms with Crippen molar-refractivity contribution in [2.24, 2.45) is 0 Å². The third-order valence-corrected chi connectivity index (χ3v) is 4.29. The maximum absolute atomic E-state index is 12.2. The van der Waals surface area contributed by atoms with Crippen molar-refractivity contribution >= 4 is 40.9 Å². The molecule has 0 bridgehead atoms. The number of benzene rings is 3. The molecular weight excluding hydrogens is 400 g/mol. The second-order valence-corrected chi connectivity index (χ2v) is 6.57. The quantitative estimate of drug-likeness (QED) is 0.395. The van der Waals surface area contributed by atoms with E-state index in [-0.39, 0.29) is 17.2 Å². The molecule has 0 saturated carbocycles. The fourth-order valence-corrected chi connectivity index (χ4v) is 2.99. The molecule has 148 valence electrons. The zero-order valence-electron chi connectivity index (χ0n) is 15.7. The number of rotatable bonds is 5. The Balaban J connectivity index is 1.54. The number of para-hydroxylation sites is 2. The van der Waals surface area contributed by atoms with Gasteiger partial charge in [-0.1, -0.05) is 66.7 Å². The van der Waals surface area contributed by atoms with Crippen molar-refractivity contribution in [3.63, 3.8) is 0 Å². The van der Waals surface area contributed by atoms with E-state index < -0.39 is 6.03 Å². The average molecular weight is 417 g/mol. The molecule has 7 nitrogen and oxygen atoms in total. The van der Waals surface area contributed by atoms with Crippen molar-refractivity contribution < 1.29 is 4.79 Å². The minimum atomic E-state index is -0.487. The highest BCUT2D eigenvalue weighted by Gasteiger charge is 2.11. The largest absolute Gasteiger partial charge is 0.326 e. The number of hydrogen-bond acceptors (Lipinski definition) is 5. The zero-order valence-corrected chi connectivity index (χ0v) is 16.5. The van der Waals surface area contributed by atoms with Gasteiger partial charge in [-0.2, -0.15) is 15.0 Å². The maximum atomic E-state index is 12.2. The molecule has 3 N–H and O–H groups in total. The molecule has 0 radical (unpaired) electrons. The van der Waals surface area contributed by atoms with Crippen LogP contribution >= 0.6 is 11.6 Å². The molecule has 4 rings (SSSR count). The van der Waals surface area contributed by atoms with E-state index in [9.17, 15) is 4.79 Å². The van der Waals surface area contributed by atoms with Crippen molar-refractivity contribution in [3.8, 4) is 11.1 Å². The van der Waals surface area contributed by atoms with Crippen molar-refractivity contribution in [1.29, 1.82) is 0 Å². The molecule has 0 saturated heterocycles. The molecule has 0 fully saturated rings. The molecule has 0 aliphatic carbocycles. The Bertz CT molecular complexity index is 1150. The van der Waals surface area contributed by atoms with Gasteiger partial charge < -0.3 is 10.6 Å². The molecule has 2 amide bonds. The lowest BCUT2D eigenvalue weighted by Gasteiger charge is -2.12. The topological polar surface area (TPSA) is 91.8 Å². The summed E-state index contributed by atoms with van der Waals surface area (Å²) in [5, 5.41) is 8.38. The van der Waals surface area contributed by atoms with Crippen LogP contribution < -0.4 is 16.0 Å². The van der Waals surface area contributed by atoms with Crippen LogP contribution in [0.2, 0.25) is 5.28 Å². The predicted molar refractivity (Wildman–Crippen MR) is 119 cm³/mol. The monoisotopic (exact) mass is 416 g/mol. The van der Waals surface area contributed by atoms with Gasteiger partial charge in [-0.25, -0.2) is 4.79 Å². The Morgan fingerprint density at radius 1 is 0.700 bits per heavy atom. The molecule has 1 aromatic heterocycles. The molecule has 8 heteroatoms. The van der Waals surface area contributed by atoms with Gasteiger partial charge in [0.25, 0.3) is 0 Å². The van der Waals surface area contributed by atoms with Gasteiger partial charge in [0.2, 0.25) is 17.2 Å². The fraction of sp³-hybridized carbons (Fsp3) is 0. The van der Waals surface area contributed by atoms with Gasteiger partial charge in [0.1, 0.15) is 0 Å². The molecule has 0 spiro atoms. The van der Waals surface area contributed by atoms with E-state index >= 15 is 0 Å². The summed E-state index contributed by atoms with van der Waals surface area (Å²) in [6.45, 7) is 0. The number of aromatic nitrogens is 3. The summed E-state index contributed by atoms with van der Waals surface area (Å²) in [4.78, 5) is 24.6. The highest BCUT2D eigenvalue weighted by molar-refractivity contribution is 6.28. The third-order valence-electron chi connectivity index (χ3n) is 4.12. The van der Waals surface area contributed by atoms with E-state index in [1.807, 2.05) is 72.8 Å². The van der Waals surface area contributed by atoms with Crippen molar-refractivity contribution in [2.45, 2.75) is 0 Å². The minimum Gasteiger partial charge on any atom is -0.323 e. The van der Waals surface area contributed by atoms with Gasteiger partial charge in [0.15, 0.2) is 0 Å². The molecule has 0 unspecified atom stereocenters. The number of carbonyl (C=O) groups is 1. The SMILES string of the molecule is O=C(Nc1ccccc1)Nc1nc(Cl)nc(Nc2ccccc2-c2ccccc2)n1. The highest BCUT2D eigenvalue weighted by Crippen LogP contribution is 2.29. The van der Waals surface area contributed by atoms with Gasteiger partial charge in [0, 0.05) is 16.9 Å². The Morgan fingerprint density at radius 2 is 1.33 bits per heavy atom. The van der Waals surface area contributed by atoms with E-state index in [1.54, 1.807) is 12.1 Å². The van der Waals surface area contributed by atoms with Crippen molar-refractivity contribution in [1.82, 2.24) is 15.0 Å². The normalized spacial score (nSPS) is 10.3. The Kier molecular flexibility index (Phi) is 5.82. The first-order valence-corrected chi connectivity index (χ1v) is 9.51. The Morgan fingerprint density at radius 3 is 2.10 bits per heavy atom. The molecule has 0 aliphatic rings. The van der Waals surface area contributed by atoms with E-state index in [0.717, 1.165) is 16.8 Å². The van der Waals surface area contributed by atoms with Crippen LogP contribution in [0.1, 0.15) is 0 Å². The maximum Gasteiger partial charge on any atom is 0.326 e. The van der Waals surface area contributed by atoms with E-state index in [4.69, 9.17) is 11.6 Å². The summed E-state index contributed by atoms with van der Waals surface area (Å²) in [5.74, 6) is 0.247. The lowest BCUT2D eigenvalue weighted by Crippen LogP contribution is -2.21. The fourth-order valence-electron chi connectivity index (χ4n) is 2.83. The highest BCUT2D eigenvalue weighted by atomic mass is 35.5. The lowest BCUT2D eigenvalue weighted by atomic mass is 10.0. The van der Waals surface area contributed by atoms with E-state index in [2.05, 4.69) is 30.9 Å². The first kappa shape index (κ1) is 19.4. The predicted octanol–water partition coefficient (Wildman–Crippen LogP) is 5.58. The lowest BCUT2D eigenvalue weighted by molar-refractivity contribution is 0.262. The average Bonchev–Trinajstić information content (AvgIpc) is 2.75. The van der Waals surface area contributed by atoms with Crippen LogP contribution in [0.15, 0.2) is 84.9 Å². The minimum absolute atomic E-state index is 0.0307. The van der Waals surface area contributed by atoms with E-state index in [1.165, 1.54) is 0 Å². The molecular formula is C22H17ClN6O. The van der Waals surface area contributed by atoms with Crippen LogP contribution in [0.4, 0.5) is 28.1 Å².